The van der Waals surface area contributed by atoms with Gasteiger partial charge in [-0.25, -0.2) is 0 Å². The van der Waals surface area contributed by atoms with Crippen molar-refractivity contribution in [2.45, 2.75) is 25.9 Å². The van der Waals surface area contributed by atoms with E-state index in [2.05, 4.69) is 36.0 Å². The highest BCUT2D eigenvalue weighted by Crippen LogP contribution is 2.12. The Balaban J connectivity index is 2.58. The molecule has 0 bridgehead atoms. The molecule has 1 aliphatic heterocycles. The van der Waals surface area contributed by atoms with Crippen LogP contribution in [0.2, 0.25) is 0 Å². The van der Waals surface area contributed by atoms with E-state index in [-0.39, 0.29) is 0 Å². The predicted octanol–water partition coefficient (Wildman–Crippen LogP) is 0.515. The number of nitrogens with one attached hydrogen (secondary N) is 1. The van der Waals surface area contributed by atoms with Gasteiger partial charge in [-0.2, -0.15) is 0 Å². The van der Waals surface area contributed by atoms with Crippen molar-refractivity contribution in [2.75, 3.05) is 27.2 Å². The fourth-order valence-electron chi connectivity index (χ4n) is 1.73. The number of thiocarbonyl (C=S) groups is 1. The Bertz CT molecular complexity index is 183. The Morgan fingerprint density at radius 3 is 2.15 bits per heavy atom. The van der Waals surface area contributed by atoms with Gasteiger partial charge in [-0.3, -0.25) is 4.90 Å². The molecule has 1 N–H and O–H groups in total. The Labute approximate surface area is 86.1 Å². The number of piperazine rings is 1. The van der Waals surface area contributed by atoms with Crippen LogP contribution in [0.3, 0.4) is 0 Å². The fraction of sp³-hybridized carbons (Fsp3) is 0.889. The van der Waals surface area contributed by atoms with Gasteiger partial charge in [0.15, 0.2) is 5.11 Å². The summed E-state index contributed by atoms with van der Waals surface area (Å²) < 4.78 is 0. The van der Waals surface area contributed by atoms with Gasteiger partial charge in [0.05, 0.1) is 0 Å². The van der Waals surface area contributed by atoms with Crippen LogP contribution in [0.1, 0.15) is 13.8 Å². The smallest absolute Gasteiger partial charge is 0.168 e. The molecule has 13 heavy (non-hydrogen) atoms. The number of likely N-dealkylation sites (N-methyl/N-ethyl adjacent to an activating group) is 1. The molecule has 0 aromatic carbocycles. The topological polar surface area (TPSA) is 18.5 Å². The summed E-state index contributed by atoms with van der Waals surface area (Å²) in [6.07, 6.45) is 0. The lowest BCUT2D eigenvalue weighted by molar-refractivity contribution is 0.0986. The summed E-state index contributed by atoms with van der Waals surface area (Å²) >= 11 is 5.22. The van der Waals surface area contributed by atoms with Crippen molar-refractivity contribution in [3.8, 4) is 0 Å². The van der Waals surface area contributed by atoms with E-state index in [1.807, 2.05) is 7.05 Å². The van der Waals surface area contributed by atoms with Gasteiger partial charge < -0.3 is 10.2 Å². The largest absolute Gasteiger partial charge is 0.366 e. The maximum absolute atomic E-state index is 5.22. The molecule has 0 saturated carbocycles. The molecule has 0 aromatic rings. The number of hydrogen-bond acceptors (Lipinski definition) is 2. The molecule has 4 heteroatoms. The highest BCUT2D eigenvalue weighted by Gasteiger charge is 2.27. The van der Waals surface area contributed by atoms with E-state index >= 15 is 0 Å². The second-order valence-electron chi connectivity index (χ2n) is 3.82. The molecule has 0 radical (unpaired) electrons. The zero-order valence-electron chi connectivity index (χ0n) is 8.87. The van der Waals surface area contributed by atoms with Crippen molar-refractivity contribution in [1.82, 2.24) is 15.1 Å². The molecule has 1 aliphatic rings. The quantitative estimate of drug-likeness (QED) is 0.576. The lowest BCUT2D eigenvalue weighted by Gasteiger charge is -2.43. The van der Waals surface area contributed by atoms with Crippen LogP contribution < -0.4 is 5.32 Å². The summed E-state index contributed by atoms with van der Waals surface area (Å²) in [5, 5.41) is 3.90. The highest BCUT2D eigenvalue weighted by atomic mass is 32.1. The van der Waals surface area contributed by atoms with Crippen LogP contribution in [-0.2, 0) is 0 Å². The highest BCUT2D eigenvalue weighted by molar-refractivity contribution is 7.80. The molecule has 1 fully saturated rings. The molecule has 0 amide bonds. The molecule has 0 aliphatic carbocycles. The lowest BCUT2D eigenvalue weighted by atomic mass is 10.1. The van der Waals surface area contributed by atoms with E-state index < -0.39 is 0 Å². The Morgan fingerprint density at radius 2 is 1.77 bits per heavy atom. The minimum absolute atomic E-state index is 0.579. The van der Waals surface area contributed by atoms with Crippen molar-refractivity contribution in [3.05, 3.63) is 0 Å². The van der Waals surface area contributed by atoms with Gasteiger partial charge in [-0.05, 0) is 33.1 Å². The molecular formula is C9H19N3S. The van der Waals surface area contributed by atoms with Crippen LogP contribution in [-0.4, -0.2) is 54.2 Å². The van der Waals surface area contributed by atoms with Crippen LogP contribution in [0.5, 0.6) is 0 Å². The first kappa shape index (κ1) is 10.7. The van der Waals surface area contributed by atoms with E-state index in [1.54, 1.807) is 0 Å². The standard InChI is InChI=1S/C9H19N3S/c1-7-5-12(9(13)10-3)6-8(2)11(7)4/h7-8H,5-6H2,1-4H3,(H,10,13). The third kappa shape index (κ3) is 2.31. The normalized spacial score (nSPS) is 30.3. The van der Waals surface area contributed by atoms with Gasteiger partial charge in [-0.1, -0.05) is 0 Å². The second-order valence-corrected chi connectivity index (χ2v) is 4.21. The van der Waals surface area contributed by atoms with Gasteiger partial charge >= 0.3 is 0 Å². The lowest BCUT2D eigenvalue weighted by Crippen LogP contribution is -2.57. The summed E-state index contributed by atoms with van der Waals surface area (Å²) in [5.74, 6) is 0. The van der Waals surface area contributed by atoms with Gasteiger partial charge in [0.25, 0.3) is 0 Å². The Kier molecular flexibility index (Phi) is 3.50. The average Bonchev–Trinajstić information content (AvgIpc) is 2.12. The average molecular weight is 201 g/mol. The third-order valence-corrected chi connectivity index (χ3v) is 3.32. The first-order valence-electron chi connectivity index (χ1n) is 4.74. The zero-order chi connectivity index (χ0) is 10.0. The van der Waals surface area contributed by atoms with Gasteiger partial charge in [0.2, 0.25) is 0 Å². The number of nitrogens with zero attached hydrogens (tertiary/aromatic N) is 2. The molecule has 2 unspecified atom stereocenters. The van der Waals surface area contributed by atoms with E-state index in [4.69, 9.17) is 12.2 Å². The summed E-state index contributed by atoms with van der Waals surface area (Å²) in [7, 11) is 4.06. The zero-order valence-corrected chi connectivity index (χ0v) is 9.69. The van der Waals surface area contributed by atoms with E-state index in [0.29, 0.717) is 12.1 Å². The number of hydrogen-bond donors (Lipinski definition) is 1. The maximum Gasteiger partial charge on any atom is 0.168 e. The molecule has 3 nitrogen and oxygen atoms in total. The van der Waals surface area contributed by atoms with Crippen molar-refractivity contribution >= 4 is 17.3 Å². The Morgan fingerprint density at radius 1 is 1.31 bits per heavy atom. The molecule has 2 atom stereocenters. The van der Waals surface area contributed by atoms with Crippen molar-refractivity contribution in [2.24, 2.45) is 0 Å². The maximum atomic E-state index is 5.22. The molecule has 1 heterocycles. The molecule has 0 spiro atoms. The van der Waals surface area contributed by atoms with E-state index in [1.165, 1.54) is 0 Å². The minimum atomic E-state index is 0.579. The summed E-state index contributed by atoms with van der Waals surface area (Å²) in [4.78, 5) is 4.64. The Hall–Kier alpha value is -0.350. The summed E-state index contributed by atoms with van der Waals surface area (Å²) in [6.45, 7) is 6.53. The first-order valence-corrected chi connectivity index (χ1v) is 5.15. The third-order valence-electron chi connectivity index (χ3n) is 2.86. The fourth-order valence-corrected chi connectivity index (χ4v) is 1.88. The van der Waals surface area contributed by atoms with E-state index in [9.17, 15) is 0 Å². The van der Waals surface area contributed by atoms with Crippen molar-refractivity contribution in [1.29, 1.82) is 0 Å². The minimum Gasteiger partial charge on any atom is -0.366 e. The molecule has 1 saturated heterocycles. The van der Waals surface area contributed by atoms with Crippen LogP contribution >= 0.6 is 12.2 Å². The van der Waals surface area contributed by atoms with Gasteiger partial charge in [0.1, 0.15) is 0 Å². The predicted molar refractivity (Wildman–Crippen MR) is 59.9 cm³/mol. The van der Waals surface area contributed by atoms with Crippen LogP contribution in [0.4, 0.5) is 0 Å². The van der Waals surface area contributed by atoms with Crippen molar-refractivity contribution < 1.29 is 0 Å². The molecule has 1 rings (SSSR count). The molecular weight excluding hydrogens is 182 g/mol. The summed E-state index contributed by atoms with van der Waals surface area (Å²) in [6, 6.07) is 1.16. The van der Waals surface area contributed by atoms with Crippen molar-refractivity contribution in [3.63, 3.8) is 0 Å². The second kappa shape index (κ2) is 4.24. The molecule has 0 aromatic heterocycles. The molecule has 76 valence electrons. The SMILES string of the molecule is CNC(=S)N1CC(C)N(C)C(C)C1. The van der Waals surface area contributed by atoms with Crippen LogP contribution in [0.25, 0.3) is 0 Å². The van der Waals surface area contributed by atoms with Crippen LogP contribution in [0.15, 0.2) is 0 Å². The monoisotopic (exact) mass is 201 g/mol. The van der Waals surface area contributed by atoms with Crippen LogP contribution in [0, 0.1) is 0 Å². The van der Waals surface area contributed by atoms with E-state index in [0.717, 1.165) is 18.2 Å². The number of rotatable bonds is 0. The first-order chi connectivity index (χ1) is 6.06. The van der Waals surface area contributed by atoms with Gasteiger partial charge in [-0.15, -0.1) is 0 Å². The van der Waals surface area contributed by atoms with Gasteiger partial charge in [0, 0.05) is 32.2 Å². The summed E-state index contributed by atoms with van der Waals surface area (Å²) in [5.41, 5.74) is 0.